The molecule has 0 aromatic carbocycles. The first-order valence-electron chi connectivity index (χ1n) is 6.63. The molecule has 25 heavy (non-hydrogen) atoms. The Kier molecular flexibility index (Phi) is 6.03. The van der Waals surface area contributed by atoms with E-state index in [9.17, 15) is 26.7 Å². The highest BCUT2D eigenvalue weighted by Crippen LogP contribution is 2.20. The molecule has 0 saturated carbocycles. The Morgan fingerprint density at radius 1 is 1.16 bits per heavy atom. The fraction of sp³-hybridized carbons (Fsp3) is 0.214. The molecule has 0 bridgehead atoms. The normalized spacial score (nSPS) is 10.8. The van der Waals surface area contributed by atoms with Crippen LogP contribution in [-0.4, -0.2) is 29.1 Å². The van der Waals surface area contributed by atoms with Crippen LogP contribution in [0.5, 0.6) is 11.6 Å². The van der Waals surface area contributed by atoms with Crippen molar-refractivity contribution in [3.63, 3.8) is 0 Å². The van der Waals surface area contributed by atoms with Crippen molar-refractivity contribution in [2.75, 3.05) is 0 Å². The number of nitrogens with one attached hydrogen (secondary N) is 1. The van der Waals surface area contributed by atoms with Crippen LogP contribution in [0.15, 0.2) is 30.7 Å². The summed E-state index contributed by atoms with van der Waals surface area (Å²) in [5, 5.41) is 2.32. The number of amides is 1. The van der Waals surface area contributed by atoms with E-state index >= 15 is 0 Å². The average Bonchev–Trinajstić information content (AvgIpc) is 2.54. The molecule has 0 aliphatic heterocycles. The van der Waals surface area contributed by atoms with Crippen LogP contribution in [0.4, 0.5) is 22.0 Å². The molecular weight excluding hydrogens is 353 g/mol. The second-order valence-electron chi connectivity index (χ2n) is 4.43. The van der Waals surface area contributed by atoms with Crippen LogP contribution in [0.2, 0.25) is 0 Å². The van der Waals surface area contributed by atoms with Crippen LogP contribution in [0.3, 0.4) is 0 Å². The van der Waals surface area contributed by atoms with Gasteiger partial charge in [0.1, 0.15) is 5.75 Å². The number of carbonyl (C=O) groups is 1. The van der Waals surface area contributed by atoms with Gasteiger partial charge < -0.3 is 14.8 Å². The summed E-state index contributed by atoms with van der Waals surface area (Å²) >= 11 is 0. The molecular formula is C14H10F5N3O3. The summed E-state index contributed by atoms with van der Waals surface area (Å²) in [6.45, 7) is -6.57. The van der Waals surface area contributed by atoms with Crippen LogP contribution in [0, 0.1) is 5.82 Å². The van der Waals surface area contributed by atoms with E-state index in [2.05, 4.69) is 24.8 Å². The zero-order chi connectivity index (χ0) is 18.4. The third-order valence-corrected chi connectivity index (χ3v) is 2.78. The number of rotatable bonds is 7. The summed E-state index contributed by atoms with van der Waals surface area (Å²) < 4.78 is 70.2. The van der Waals surface area contributed by atoms with E-state index in [1.165, 1.54) is 18.5 Å². The second kappa shape index (κ2) is 8.22. The van der Waals surface area contributed by atoms with Crippen molar-refractivity contribution in [2.45, 2.75) is 19.8 Å². The lowest BCUT2D eigenvalue weighted by molar-refractivity contribution is -0.0554. The minimum Gasteiger partial charge on any atom is -0.434 e. The van der Waals surface area contributed by atoms with Crippen LogP contribution >= 0.6 is 0 Å². The first kappa shape index (κ1) is 18.4. The van der Waals surface area contributed by atoms with E-state index < -0.39 is 30.8 Å². The van der Waals surface area contributed by atoms with Crippen molar-refractivity contribution in [1.82, 2.24) is 15.3 Å². The molecule has 0 spiro atoms. The van der Waals surface area contributed by atoms with Gasteiger partial charge in [-0.05, 0) is 12.1 Å². The van der Waals surface area contributed by atoms with Gasteiger partial charge in [-0.3, -0.25) is 9.78 Å². The van der Waals surface area contributed by atoms with Crippen molar-refractivity contribution in [2.24, 2.45) is 0 Å². The van der Waals surface area contributed by atoms with Crippen molar-refractivity contribution >= 4 is 5.91 Å². The number of hydrogen-bond acceptors (Lipinski definition) is 5. The predicted molar refractivity (Wildman–Crippen MR) is 72.9 cm³/mol. The van der Waals surface area contributed by atoms with Gasteiger partial charge in [0.2, 0.25) is 0 Å². The van der Waals surface area contributed by atoms with E-state index in [1.54, 1.807) is 0 Å². The third kappa shape index (κ3) is 5.26. The van der Waals surface area contributed by atoms with Gasteiger partial charge in [0.05, 0.1) is 5.56 Å². The lowest BCUT2D eigenvalue weighted by Crippen LogP contribution is -2.24. The number of halogens is 5. The second-order valence-corrected chi connectivity index (χ2v) is 4.43. The monoisotopic (exact) mass is 363 g/mol. The molecule has 6 nitrogen and oxygen atoms in total. The molecule has 0 radical (unpaired) electrons. The Morgan fingerprint density at radius 2 is 1.88 bits per heavy atom. The van der Waals surface area contributed by atoms with Crippen molar-refractivity contribution in [3.05, 3.63) is 47.7 Å². The lowest BCUT2D eigenvalue weighted by atomic mass is 10.2. The number of carbonyl (C=O) groups excluding carboxylic acids is 1. The van der Waals surface area contributed by atoms with Gasteiger partial charge in [-0.1, -0.05) is 0 Å². The molecule has 0 saturated heterocycles. The number of pyridine rings is 2. The van der Waals surface area contributed by atoms with Crippen molar-refractivity contribution in [1.29, 1.82) is 0 Å². The molecule has 2 rings (SSSR count). The van der Waals surface area contributed by atoms with Crippen LogP contribution in [0.1, 0.15) is 15.9 Å². The summed E-state index contributed by atoms with van der Waals surface area (Å²) in [6, 6.07) is 1.84. The molecule has 0 fully saturated rings. The molecule has 0 aliphatic rings. The van der Waals surface area contributed by atoms with Gasteiger partial charge in [-0.25, -0.2) is 9.37 Å². The summed E-state index contributed by atoms with van der Waals surface area (Å²) in [5.74, 6) is -3.21. The molecule has 0 aliphatic carbocycles. The smallest absolute Gasteiger partial charge is 0.388 e. The summed E-state index contributed by atoms with van der Waals surface area (Å²) in [5.41, 5.74) is -0.124. The first-order valence-corrected chi connectivity index (χ1v) is 6.63. The largest absolute Gasteiger partial charge is 0.434 e. The maximum absolute atomic E-state index is 13.5. The topological polar surface area (TPSA) is 73.3 Å². The Hall–Kier alpha value is -2.98. The highest BCUT2D eigenvalue weighted by Gasteiger charge is 2.16. The minimum absolute atomic E-state index is 0.155. The summed E-state index contributed by atoms with van der Waals surface area (Å²) in [4.78, 5) is 18.9. The van der Waals surface area contributed by atoms with Gasteiger partial charge in [0.15, 0.2) is 5.82 Å². The average molecular weight is 363 g/mol. The van der Waals surface area contributed by atoms with Crippen LogP contribution < -0.4 is 14.8 Å². The quantitative estimate of drug-likeness (QED) is 0.766. The minimum atomic E-state index is -3.26. The van der Waals surface area contributed by atoms with E-state index in [4.69, 9.17) is 0 Å². The van der Waals surface area contributed by atoms with Gasteiger partial charge in [-0.15, -0.1) is 0 Å². The Balaban J connectivity index is 2.05. The maximum Gasteiger partial charge on any atom is 0.388 e. The van der Waals surface area contributed by atoms with E-state index in [1.807, 2.05) is 0 Å². The zero-order valence-corrected chi connectivity index (χ0v) is 12.3. The predicted octanol–water partition coefficient (Wildman–Crippen LogP) is 2.75. The number of ether oxygens (including phenoxy) is 2. The molecule has 0 unspecified atom stereocenters. The standard InChI is InChI=1S/C14H10F5N3O3/c15-9-3-7(5-22-12(9)25-14(18)19)11(23)21-6-8-4-20-2-1-10(8)24-13(16)17/h1-5,13-14H,6H2,(H,21,23). The first-order chi connectivity index (χ1) is 11.9. The molecule has 0 atom stereocenters. The molecule has 11 heteroatoms. The highest BCUT2D eigenvalue weighted by molar-refractivity contribution is 5.93. The third-order valence-electron chi connectivity index (χ3n) is 2.78. The fourth-order valence-electron chi connectivity index (χ4n) is 1.76. The Morgan fingerprint density at radius 3 is 2.52 bits per heavy atom. The van der Waals surface area contributed by atoms with E-state index in [0.29, 0.717) is 6.07 Å². The van der Waals surface area contributed by atoms with Crippen LogP contribution in [0.25, 0.3) is 0 Å². The van der Waals surface area contributed by atoms with Crippen molar-refractivity contribution < 1.29 is 36.2 Å². The molecule has 134 valence electrons. The van der Waals surface area contributed by atoms with Gasteiger partial charge in [-0.2, -0.15) is 17.6 Å². The number of alkyl halides is 4. The van der Waals surface area contributed by atoms with Gasteiger partial charge >= 0.3 is 13.2 Å². The molecule has 2 heterocycles. The summed E-state index contributed by atoms with van der Waals surface area (Å²) in [6.07, 6.45) is 3.26. The van der Waals surface area contributed by atoms with E-state index in [-0.39, 0.29) is 23.4 Å². The molecule has 2 aromatic heterocycles. The highest BCUT2D eigenvalue weighted by atomic mass is 19.3. The van der Waals surface area contributed by atoms with E-state index in [0.717, 1.165) is 6.20 Å². The SMILES string of the molecule is O=C(NCc1cnccc1OC(F)F)c1cnc(OC(F)F)c(F)c1. The van der Waals surface area contributed by atoms with Gasteiger partial charge in [0, 0.05) is 30.7 Å². The Bertz CT molecular complexity index is 745. The number of hydrogen-bond donors (Lipinski definition) is 1. The number of nitrogens with zero attached hydrogens (tertiary/aromatic N) is 2. The number of aromatic nitrogens is 2. The van der Waals surface area contributed by atoms with Gasteiger partial charge in [0.25, 0.3) is 11.8 Å². The lowest BCUT2D eigenvalue weighted by Gasteiger charge is -2.11. The van der Waals surface area contributed by atoms with Crippen LogP contribution in [-0.2, 0) is 6.54 Å². The fourth-order valence-corrected chi connectivity index (χ4v) is 1.76. The zero-order valence-electron chi connectivity index (χ0n) is 12.3. The molecule has 2 aromatic rings. The molecule has 1 amide bonds. The van der Waals surface area contributed by atoms with Crippen molar-refractivity contribution in [3.8, 4) is 11.6 Å². The molecule has 1 N–H and O–H groups in total. The Labute approximate surface area is 137 Å². The summed E-state index contributed by atoms with van der Waals surface area (Å²) in [7, 11) is 0. The maximum atomic E-state index is 13.5.